The summed E-state index contributed by atoms with van der Waals surface area (Å²) in [7, 11) is 0. The molecule has 18 heavy (non-hydrogen) atoms. The largest absolute Gasteiger partial charge is 0.310 e. The van der Waals surface area contributed by atoms with E-state index in [2.05, 4.69) is 57.3 Å². The van der Waals surface area contributed by atoms with Crippen LogP contribution in [0.25, 0.3) is 0 Å². The summed E-state index contributed by atoms with van der Waals surface area (Å²) in [6.07, 6.45) is 3.81. The van der Waals surface area contributed by atoms with Crippen LogP contribution in [0.5, 0.6) is 0 Å². The van der Waals surface area contributed by atoms with Gasteiger partial charge in [-0.25, -0.2) is 0 Å². The third-order valence-corrected chi connectivity index (χ3v) is 4.24. The van der Waals surface area contributed by atoms with Crippen molar-refractivity contribution in [2.45, 2.75) is 58.4 Å². The maximum absolute atomic E-state index is 3.75. The summed E-state index contributed by atoms with van der Waals surface area (Å²) >= 11 is 0. The van der Waals surface area contributed by atoms with Crippen molar-refractivity contribution >= 4 is 0 Å². The molecule has 0 amide bonds. The van der Waals surface area contributed by atoms with E-state index in [-0.39, 0.29) is 0 Å². The van der Waals surface area contributed by atoms with Gasteiger partial charge in [-0.05, 0) is 48.3 Å². The van der Waals surface area contributed by atoms with Crippen molar-refractivity contribution in [3.05, 3.63) is 35.4 Å². The van der Waals surface area contributed by atoms with Gasteiger partial charge >= 0.3 is 0 Å². The van der Waals surface area contributed by atoms with Gasteiger partial charge in [-0.3, -0.25) is 0 Å². The topological polar surface area (TPSA) is 12.0 Å². The first kappa shape index (κ1) is 13.6. The van der Waals surface area contributed by atoms with Gasteiger partial charge in [-0.15, -0.1) is 0 Å². The third-order valence-electron chi connectivity index (χ3n) is 4.24. The van der Waals surface area contributed by atoms with E-state index in [1.807, 2.05) is 0 Å². The van der Waals surface area contributed by atoms with Gasteiger partial charge < -0.3 is 5.32 Å². The molecule has 100 valence electrons. The first-order valence-electron chi connectivity index (χ1n) is 7.33. The molecule has 2 rings (SSSR count). The van der Waals surface area contributed by atoms with E-state index in [4.69, 9.17) is 0 Å². The second-order valence-electron chi connectivity index (χ2n) is 6.70. The maximum atomic E-state index is 3.75. The fourth-order valence-electron chi connectivity index (χ4n) is 2.97. The van der Waals surface area contributed by atoms with Crippen molar-refractivity contribution < 1.29 is 0 Å². The van der Waals surface area contributed by atoms with E-state index < -0.39 is 0 Å². The number of hydrogen-bond acceptors (Lipinski definition) is 1. The Morgan fingerprint density at radius 2 is 2.00 bits per heavy atom. The summed E-state index contributed by atoms with van der Waals surface area (Å²) in [6.45, 7) is 10.5. The van der Waals surface area contributed by atoms with E-state index in [9.17, 15) is 0 Å². The molecule has 1 nitrogen and oxygen atoms in total. The van der Waals surface area contributed by atoms with Crippen LogP contribution in [-0.2, 0) is 5.41 Å². The lowest BCUT2D eigenvalue weighted by molar-refractivity contribution is 0.352. The molecule has 0 radical (unpaired) electrons. The highest BCUT2D eigenvalue weighted by Crippen LogP contribution is 2.41. The Balaban J connectivity index is 2.11. The minimum atomic E-state index is 0.340. The fraction of sp³-hybridized carbons (Fsp3) is 0.647. The number of rotatable bonds is 4. The Bertz CT molecular complexity index is 392. The minimum absolute atomic E-state index is 0.340. The van der Waals surface area contributed by atoms with E-state index >= 15 is 0 Å². The molecule has 1 unspecified atom stereocenters. The number of hydrogen-bond donors (Lipinski definition) is 1. The molecule has 1 aliphatic rings. The van der Waals surface area contributed by atoms with Crippen LogP contribution in [0, 0.1) is 5.92 Å². The zero-order chi connectivity index (χ0) is 13.2. The van der Waals surface area contributed by atoms with Gasteiger partial charge in [0.2, 0.25) is 0 Å². The molecular weight excluding hydrogens is 218 g/mol. The molecule has 1 aromatic carbocycles. The number of fused-ring (bicyclic) bond motifs is 1. The van der Waals surface area contributed by atoms with E-state index in [0.29, 0.717) is 11.5 Å². The quantitative estimate of drug-likeness (QED) is 0.827. The second-order valence-corrected chi connectivity index (χ2v) is 6.70. The summed E-state index contributed by atoms with van der Waals surface area (Å²) in [6, 6.07) is 9.54. The van der Waals surface area contributed by atoms with Gasteiger partial charge in [0, 0.05) is 6.04 Å². The Labute approximate surface area is 112 Å². The summed E-state index contributed by atoms with van der Waals surface area (Å²) in [5.74, 6) is 0.785. The van der Waals surface area contributed by atoms with E-state index in [1.165, 1.54) is 24.8 Å². The first-order valence-corrected chi connectivity index (χ1v) is 7.33. The van der Waals surface area contributed by atoms with E-state index in [0.717, 1.165) is 12.5 Å². The van der Waals surface area contributed by atoms with Crippen LogP contribution >= 0.6 is 0 Å². The van der Waals surface area contributed by atoms with Crippen LogP contribution in [0.4, 0.5) is 0 Å². The maximum Gasteiger partial charge on any atom is 0.0323 e. The highest BCUT2D eigenvalue weighted by Gasteiger charge is 2.31. The molecule has 0 heterocycles. The van der Waals surface area contributed by atoms with Gasteiger partial charge in [0.05, 0.1) is 0 Å². The molecule has 0 spiro atoms. The SMILES string of the molecule is CC(C)CCNC1CCC(C)(C)c2ccccc21. The van der Waals surface area contributed by atoms with Gasteiger partial charge in [0.1, 0.15) is 0 Å². The number of benzene rings is 1. The Hall–Kier alpha value is -0.820. The standard InChI is InChI=1S/C17H27N/c1-13(2)10-12-18-16-9-11-17(3,4)15-8-6-5-7-14(15)16/h5-8,13,16,18H,9-12H2,1-4H3. The van der Waals surface area contributed by atoms with Crippen molar-refractivity contribution in [3.63, 3.8) is 0 Å². The number of nitrogens with one attached hydrogen (secondary N) is 1. The van der Waals surface area contributed by atoms with Crippen LogP contribution in [0.15, 0.2) is 24.3 Å². The van der Waals surface area contributed by atoms with Crippen LogP contribution in [-0.4, -0.2) is 6.54 Å². The van der Waals surface area contributed by atoms with Gasteiger partial charge in [0.25, 0.3) is 0 Å². The molecule has 0 bridgehead atoms. The Morgan fingerprint density at radius 1 is 1.28 bits per heavy atom. The molecule has 0 saturated heterocycles. The van der Waals surface area contributed by atoms with Gasteiger partial charge in [0.15, 0.2) is 0 Å². The van der Waals surface area contributed by atoms with Crippen LogP contribution in [0.2, 0.25) is 0 Å². The van der Waals surface area contributed by atoms with Crippen molar-refractivity contribution in [1.29, 1.82) is 0 Å². The van der Waals surface area contributed by atoms with Gasteiger partial charge in [-0.1, -0.05) is 52.0 Å². The fourth-order valence-corrected chi connectivity index (χ4v) is 2.97. The molecule has 0 aliphatic heterocycles. The second kappa shape index (κ2) is 5.44. The molecule has 1 aliphatic carbocycles. The molecule has 1 N–H and O–H groups in total. The molecule has 1 heteroatoms. The Kier molecular flexibility index (Phi) is 4.11. The van der Waals surface area contributed by atoms with E-state index in [1.54, 1.807) is 5.56 Å². The lowest BCUT2D eigenvalue weighted by atomic mass is 9.71. The lowest BCUT2D eigenvalue weighted by Gasteiger charge is -2.37. The monoisotopic (exact) mass is 245 g/mol. The summed E-state index contributed by atoms with van der Waals surface area (Å²) < 4.78 is 0. The molecule has 0 fully saturated rings. The summed E-state index contributed by atoms with van der Waals surface area (Å²) in [5.41, 5.74) is 3.41. The Morgan fingerprint density at radius 3 is 2.72 bits per heavy atom. The summed E-state index contributed by atoms with van der Waals surface area (Å²) in [4.78, 5) is 0. The lowest BCUT2D eigenvalue weighted by Crippen LogP contribution is -2.33. The minimum Gasteiger partial charge on any atom is -0.310 e. The molecule has 0 aromatic heterocycles. The zero-order valence-electron chi connectivity index (χ0n) is 12.3. The predicted octanol–water partition coefficient (Wildman–Crippen LogP) is 4.43. The average molecular weight is 245 g/mol. The van der Waals surface area contributed by atoms with Gasteiger partial charge in [-0.2, -0.15) is 0 Å². The third kappa shape index (κ3) is 2.95. The zero-order valence-corrected chi connectivity index (χ0v) is 12.3. The molecule has 1 aromatic rings. The first-order chi connectivity index (χ1) is 8.50. The normalized spacial score (nSPS) is 21.9. The van der Waals surface area contributed by atoms with Crippen LogP contribution in [0.3, 0.4) is 0 Å². The molecular formula is C17H27N. The average Bonchev–Trinajstić information content (AvgIpc) is 2.32. The van der Waals surface area contributed by atoms with Crippen molar-refractivity contribution in [2.24, 2.45) is 5.92 Å². The summed E-state index contributed by atoms with van der Waals surface area (Å²) in [5, 5.41) is 3.75. The van der Waals surface area contributed by atoms with Crippen molar-refractivity contribution in [1.82, 2.24) is 5.32 Å². The van der Waals surface area contributed by atoms with Crippen LogP contribution in [0.1, 0.15) is 64.1 Å². The van der Waals surface area contributed by atoms with Crippen LogP contribution < -0.4 is 5.32 Å². The van der Waals surface area contributed by atoms with Crippen molar-refractivity contribution in [3.8, 4) is 0 Å². The predicted molar refractivity (Wildman–Crippen MR) is 78.9 cm³/mol. The molecule has 1 atom stereocenters. The highest BCUT2D eigenvalue weighted by atomic mass is 14.9. The highest BCUT2D eigenvalue weighted by molar-refractivity contribution is 5.38. The molecule has 0 saturated carbocycles. The smallest absolute Gasteiger partial charge is 0.0323 e. The van der Waals surface area contributed by atoms with Crippen molar-refractivity contribution in [2.75, 3.05) is 6.54 Å².